The first kappa shape index (κ1) is 15.7. The molecule has 0 fully saturated rings. The number of hydrogen-bond donors (Lipinski definition) is 2. The molecule has 3 rings (SSSR count). The summed E-state index contributed by atoms with van der Waals surface area (Å²) in [5.41, 5.74) is 0.718. The Morgan fingerprint density at radius 3 is 3.17 bits per heavy atom. The van der Waals surface area contributed by atoms with Gasteiger partial charge in [-0.05, 0) is 18.3 Å². The molecule has 0 bridgehead atoms. The summed E-state index contributed by atoms with van der Waals surface area (Å²) in [5.74, 6) is 0.331. The number of H-pyrrole nitrogens is 1. The van der Waals surface area contributed by atoms with Gasteiger partial charge in [0.25, 0.3) is 5.91 Å². The summed E-state index contributed by atoms with van der Waals surface area (Å²) in [6, 6.07) is 4.71. The van der Waals surface area contributed by atoms with Crippen LogP contribution >= 0.6 is 12.2 Å². The maximum absolute atomic E-state index is 13.6. The number of ether oxygens (including phenoxy) is 1. The van der Waals surface area contributed by atoms with Crippen molar-refractivity contribution in [3.8, 4) is 5.75 Å². The van der Waals surface area contributed by atoms with Crippen molar-refractivity contribution in [2.75, 3.05) is 6.54 Å². The Balaban J connectivity index is 1.56. The molecule has 23 heavy (non-hydrogen) atoms. The molecule has 0 radical (unpaired) electrons. The Morgan fingerprint density at radius 1 is 1.61 bits per heavy atom. The Bertz CT molecular complexity index is 786. The predicted molar refractivity (Wildman–Crippen MR) is 84.3 cm³/mol. The van der Waals surface area contributed by atoms with Crippen molar-refractivity contribution >= 4 is 18.1 Å². The predicted octanol–water partition coefficient (Wildman–Crippen LogP) is 1.76. The number of aromatic nitrogens is 3. The summed E-state index contributed by atoms with van der Waals surface area (Å²) < 4.78 is 21.4. The minimum Gasteiger partial charge on any atom is -0.477 e. The highest BCUT2D eigenvalue weighted by atomic mass is 32.1. The average molecular weight is 336 g/mol. The highest BCUT2D eigenvalue weighted by Crippen LogP contribution is 2.31. The van der Waals surface area contributed by atoms with Gasteiger partial charge >= 0.3 is 0 Å². The van der Waals surface area contributed by atoms with Crippen molar-refractivity contribution in [2.24, 2.45) is 0 Å². The molecule has 2 N–H and O–H groups in total. The molecule has 122 valence electrons. The van der Waals surface area contributed by atoms with Crippen LogP contribution in [-0.2, 0) is 24.2 Å². The first-order valence-electron chi connectivity index (χ1n) is 7.46. The van der Waals surface area contributed by atoms with Gasteiger partial charge in [-0.3, -0.25) is 9.89 Å². The van der Waals surface area contributed by atoms with E-state index in [9.17, 15) is 9.18 Å². The molecule has 1 aliphatic heterocycles. The second-order valence-corrected chi connectivity index (χ2v) is 5.67. The molecule has 6 nitrogen and oxygen atoms in total. The van der Waals surface area contributed by atoms with Gasteiger partial charge in [-0.2, -0.15) is 5.10 Å². The summed E-state index contributed by atoms with van der Waals surface area (Å²) in [7, 11) is 0. The first-order valence-corrected chi connectivity index (χ1v) is 7.86. The molecule has 2 aromatic rings. The van der Waals surface area contributed by atoms with Crippen LogP contribution in [0.1, 0.15) is 18.3 Å². The summed E-state index contributed by atoms with van der Waals surface area (Å²) in [6.45, 7) is 2.91. The number of halogens is 1. The number of nitrogens with one attached hydrogen (secondary N) is 2. The van der Waals surface area contributed by atoms with Crippen molar-refractivity contribution in [2.45, 2.75) is 32.4 Å². The van der Waals surface area contributed by atoms with E-state index in [1.807, 2.05) is 11.5 Å². The number of rotatable bonds is 5. The Kier molecular flexibility index (Phi) is 4.42. The molecule has 1 aromatic heterocycles. The standard InChI is InChI=1S/C15H17FN4O2S/c1-2-12-18-19-15(23)20(12)7-6-17-14(21)11-8-9-4-3-5-10(16)13(9)22-11/h3-5,11H,2,6-8H2,1H3,(H,17,21)(H,19,23)/t11-/m0/s1. The van der Waals surface area contributed by atoms with Crippen LogP contribution in [0, 0.1) is 10.6 Å². The van der Waals surface area contributed by atoms with Gasteiger partial charge in [-0.25, -0.2) is 4.39 Å². The first-order chi connectivity index (χ1) is 11.1. The SMILES string of the molecule is CCc1n[nH]c(=S)n1CCNC(=O)[C@@H]1Cc2cccc(F)c2O1. The van der Waals surface area contributed by atoms with Gasteiger partial charge in [0, 0.05) is 31.5 Å². The van der Waals surface area contributed by atoms with Crippen LogP contribution in [0.3, 0.4) is 0 Å². The van der Waals surface area contributed by atoms with Crippen molar-refractivity contribution in [3.05, 3.63) is 40.2 Å². The van der Waals surface area contributed by atoms with Crippen LogP contribution in [-0.4, -0.2) is 33.3 Å². The van der Waals surface area contributed by atoms with E-state index in [2.05, 4.69) is 15.5 Å². The zero-order valence-electron chi connectivity index (χ0n) is 12.6. The number of aromatic amines is 1. The number of hydrogen-bond acceptors (Lipinski definition) is 4. The minimum absolute atomic E-state index is 0.179. The molecule has 0 spiro atoms. The second-order valence-electron chi connectivity index (χ2n) is 5.28. The fourth-order valence-corrected chi connectivity index (χ4v) is 2.87. The van der Waals surface area contributed by atoms with E-state index in [4.69, 9.17) is 17.0 Å². The number of fused-ring (bicyclic) bond motifs is 1. The van der Waals surface area contributed by atoms with E-state index in [-0.39, 0.29) is 11.7 Å². The van der Waals surface area contributed by atoms with Crippen molar-refractivity contribution in [1.82, 2.24) is 20.1 Å². The van der Waals surface area contributed by atoms with Crippen LogP contribution < -0.4 is 10.1 Å². The summed E-state index contributed by atoms with van der Waals surface area (Å²) in [5, 5.41) is 9.65. The number of benzene rings is 1. The molecular weight excluding hydrogens is 319 g/mol. The van der Waals surface area contributed by atoms with E-state index >= 15 is 0 Å². The highest BCUT2D eigenvalue weighted by molar-refractivity contribution is 7.71. The summed E-state index contributed by atoms with van der Waals surface area (Å²) in [4.78, 5) is 12.2. The summed E-state index contributed by atoms with van der Waals surface area (Å²) >= 11 is 5.15. The van der Waals surface area contributed by atoms with Gasteiger partial charge < -0.3 is 14.6 Å². The van der Waals surface area contributed by atoms with Gasteiger partial charge in [0.15, 0.2) is 22.4 Å². The monoisotopic (exact) mass is 336 g/mol. The molecule has 0 aliphatic carbocycles. The van der Waals surface area contributed by atoms with E-state index < -0.39 is 11.9 Å². The smallest absolute Gasteiger partial charge is 0.261 e. The Morgan fingerprint density at radius 2 is 2.43 bits per heavy atom. The molecule has 1 aromatic carbocycles. The lowest BCUT2D eigenvalue weighted by molar-refractivity contribution is -0.127. The third-order valence-electron chi connectivity index (χ3n) is 3.79. The molecule has 2 heterocycles. The molecule has 1 atom stereocenters. The molecule has 8 heteroatoms. The minimum atomic E-state index is -0.690. The lowest BCUT2D eigenvalue weighted by Gasteiger charge is -2.12. The fraction of sp³-hybridized carbons (Fsp3) is 0.400. The number of aryl methyl sites for hydroxylation is 1. The molecular formula is C15H17FN4O2S. The third kappa shape index (κ3) is 3.12. The highest BCUT2D eigenvalue weighted by Gasteiger charge is 2.30. The fourth-order valence-electron chi connectivity index (χ4n) is 2.63. The topological polar surface area (TPSA) is 71.9 Å². The van der Waals surface area contributed by atoms with E-state index in [1.165, 1.54) is 6.07 Å². The van der Waals surface area contributed by atoms with Crippen LogP contribution in [0.5, 0.6) is 5.75 Å². The van der Waals surface area contributed by atoms with Gasteiger partial charge in [-0.15, -0.1) is 0 Å². The van der Waals surface area contributed by atoms with E-state index in [0.717, 1.165) is 17.8 Å². The zero-order chi connectivity index (χ0) is 16.4. The quantitative estimate of drug-likeness (QED) is 0.816. The van der Waals surface area contributed by atoms with Crippen molar-refractivity contribution < 1.29 is 13.9 Å². The molecule has 0 saturated carbocycles. The number of para-hydroxylation sites is 1. The van der Waals surface area contributed by atoms with E-state index in [1.54, 1.807) is 12.1 Å². The van der Waals surface area contributed by atoms with Gasteiger partial charge in [0.2, 0.25) is 0 Å². The second kappa shape index (κ2) is 6.49. The lowest BCUT2D eigenvalue weighted by atomic mass is 10.1. The molecule has 0 unspecified atom stereocenters. The van der Waals surface area contributed by atoms with Gasteiger partial charge in [0.1, 0.15) is 5.82 Å². The molecule has 0 saturated heterocycles. The summed E-state index contributed by atoms with van der Waals surface area (Å²) in [6.07, 6.45) is 0.441. The average Bonchev–Trinajstić information content (AvgIpc) is 3.12. The van der Waals surface area contributed by atoms with E-state index in [0.29, 0.717) is 24.3 Å². The van der Waals surface area contributed by atoms with Crippen molar-refractivity contribution in [3.63, 3.8) is 0 Å². The Hall–Kier alpha value is -2.22. The van der Waals surface area contributed by atoms with Crippen LogP contribution in [0.15, 0.2) is 18.2 Å². The number of carbonyl (C=O) groups excluding carboxylic acids is 1. The van der Waals surface area contributed by atoms with Gasteiger partial charge in [-0.1, -0.05) is 19.1 Å². The lowest BCUT2D eigenvalue weighted by Crippen LogP contribution is -2.39. The maximum Gasteiger partial charge on any atom is 0.261 e. The van der Waals surface area contributed by atoms with Crippen LogP contribution in [0.25, 0.3) is 0 Å². The van der Waals surface area contributed by atoms with Crippen LogP contribution in [0.4, 0.5) is 4.39 Å². The Labute approximate surface area is 137 Å². The molecule has 1 amide bonds. The van der Waals surface area contributed by atoms with Crippen molar-refractivity contribution in [1.29, 1.82) is 0 Å². The van der Waals surface area contributed by atoms with Crippen LogP contribution in [0.2, 0.25) is 0 Å². The number of nitrogens with zero attached hydrogens (tertiary/aromatic N) is 2. The third-order valence-corrected chi connectivity index (χ3v) is 4.11. The normalized spacial score (nSPS) is 16.0. The van der Waals surface area contributed by atoms with Gasteiger partial charge in [0.05, 0.1) is 0 Å². The number of amides is 1. The molecule has 1 aliphatic rings. The largest absolute Gasteiger partial charge is 0.477 e. The zero-order valence-corrected chi connectivity index (χ0v) is 13.5. The number of carbonyl (C=O) groups is 1. The maximum atomic E-state index is 13.6.